The number of phenolic OH excluding ortho intramolecular Hbond substituents is 1. The predicted molar refractivity (Wildman–Crippen MR) is 141 cm³/mol. The molecule has 1 aliphatic heterocycles. The van der Waals surface area contributed by atoms with Crippen molar-refractivity contribution in [2.75, 3.05) is 38.1 Å². The van der Waals surface area contributed by atoms with Crippen LogP contribution >= 0.6 is 0 Å². The lowest BCUT2D eigenvalue weighted by Gasteiger charge is -2.31. The molecule has 0 spiro atoms. The van der Waals surface area contributed by atoms with Gasteiger partial charge in [0.05, 0.1) is 6.33 Å². The number of aromatic nitrogens is 2. The Kier molecular flexibility index (Phi) is 9.04. The summed E-state index contributed by atoms with van der Waals surface area (Å²) >= 11 is 0. The number of rotatable bonds is 12. The number of nitrogens with one attached hydrogen (secondary N) is 2. The summed E-state index contributed by atoms with van der Waals surface area (Å²) in [6, 6.07) is 14.9. The number of sulfonamides is 1. The molecule has 1 saturated heterocycles. The van der Waals surface area contributed by atoms with Crippen molar-refractivity contribution >= 4 is 15.7 Å². The molecule has 11 heteroatoms. The van der Waals surface area contributed by atoms with E-state index in [-0.39, 0.29) is 23.4 Å². The zero-order valence-corrected chi connectivity index (χ0v) is 21.8. The summed E-state index contributed by atoms with van der Waals surface area (Å²) in [6.45, 7) is 2.25. The van der Waals surface area contributed by atoms with Gasteiger partial charge in [0, 0.05) is 44.6 Å². The fourth-order valence-corrected chi connectivity index (χ4v) is 5.63. The van der Waals surface area contributed by atoms with Gasteiger partial charge in [-0.05, 0) is 67.8 Å². The van der Waals surface area contributed by atoms with Crippen molar-refractivity contribution in [2.24, 2.45) is 7.05 Å². The summed E-state index contributed by atoms with van der Waals surface area (Å²) < 4.78 is 34.2. The first-order valence-electron chi connectivity index (χ1n) is 12.4. The summed E-state index contributed by atoms with van der Waals surface area (Å²) in [6.07, 6.45) is 4.70. The molecular formula is C26H35N5O5S. The zero-order chi connectivity index (χ0) is 26.3. The Balaban J connectivity index is 1.13. The van der Waals surface area contributed by atoms with Crippen molar-refractivity contribution in [2.45, 2.75) is 36.4 Å². The summed E-state index contributed by atoms with van der Waals surface area (Å²) in [4.78, 5) is 4.00. The number of imidazole rings is 1. The molecule has 0 radical (unpaired) electrons. The first-order chi connectivity index (χ1) is 17.8. The van der Waals surface area contributed by atoms with Gasteiger partial charge in [0.15, 0.2) is 5.03 Å². The lowest BCUT2D eigenvalue weighted by atomic mass is 10.1. The Hall–Kier alpha value is -3.12. The monoisotopic (exact) mass is 529 g/mol. The third kappa shape index (κ3) is 7.68. The molecular weight excluding hydrogens is 494 g/mol. The minimum Gasteiger partial charge on any atom is -0.508 e. The van der Waals surface area contributed by atoms with Crippen molar-refractivity contribution in [3.8, 4) is 11.5 Å². The van der Waals surface area contributed by atoms with Gasteiger partial charge >= 0.3 is 0 Å². The Morgan fingerprint density at radius 1 is 1.11 bits per heavy atom. The van der Waals surface area contributed by atoms with Crippen molar-refractivity contribution in [3.63, 3.8) is 0 Å². The van der Waals surface area contributed by atoms with Gasteiger partial charge < -0.3 is 30.2 Å². The first kappa shape index (κ1) is 26.9. The van der Waals surface area contributed by atoms with E-state index >= 15 is 0 Å². The molecule has 1 unspecified atom stereocenters. The molecule has 0 bridgehead atoms. The first-order valence-corrected chi connectivity index (χ1v) is 13.9. The summed E-state index contributed by atoms with van der Waals surface area (Å²) in [5.41, 5.74) is 2.20. The Morgan fingerprint density at radius 3 is 2.46 bits per heavy atom. The van der Waals surface area contributed by atoms with Crippen LogP contribution in [0.3, 0.4) is 0 Å². The molecule has 4 rings (SSSR count). The van der Waals surface area contributed by atoms with Crippen molar-refractivity contribution in [1.82, 2.24) is 19.2 Å². The molecule has 1 aromatic heterocycles. The highest BCUT2D eigenvalue weighted by atomic mass is 32.2. The van der Waals surface area contributed by atoms with Crippen LogP contribution in [-0.2, 0) is 23.5 Å². The highest BCUT2D eigenvalue weighted by molar-refractivity contribution is 7.89. The van der Waals surface area contributed by atoms with Crippen LogP contribution in [0, 0.1) is 0 Å². The van der Waals surface area contributed by atoms with Gasteiger partial charge in [0.2, 0.25) is 0 Å². The molecule has 1 fully saturated rings. The highest BCUT2D eigenvalue weighted by Gasteiger charge is 2.30. The van der Waals surface area contributed by atoms with Crippen LogP contribution in [-0.4, -0.2) is 77.4 Å². The fourth-order valence-electron chi connectivity index (χ4n) is 4.19. The maximum atomic E-state index is 12.7. The predicted octanol–water partition coefficient (Wildman–Crippen LogP) is 1.96. The van der Waals surface area contributed by atoms with Gasteiger partial charge in [-0.1, -0.05) is 12.1 Å². The zero-order valence-electron chi connectivity index (χ0n) is 21.0. The number of aliphatic hydroxyl groups excluding tert-OH is 1. The van der Waals surface area contributed by atoms with Gasteiger partial charge in [-0.3, -0.25) is 0 Å². The van der Waals surface area contributed by atoms with E-state index in [1.165, 1.54) is 22.4 Å². The average Bonchev–Trinajstić information content (AvgIpc) is 3.35. The van der Waals surface area contributed by atoms with Gasteiger partial charge in [-0.15, -0.1) is 0 Å². The Morgan fingerprint density at radius 2 is 1.81 bits per heavy atom. The molecule has 1 aliphatic rings. The standard InChI is InChI=1S/C26H35N5O5S/c1-30-17-26(28-19-30)37(34,35)31-14-11-22(12-15-31)29-21-4-2-20(3-5-21)10-13-27-16-24(33)18-36-25-8-6-23(32)7-9-25/h2-9,17,19,22,24,27,29,32-33H,10-16,18H2,1H3. The minimum absolute atomic E-state index is 0.100. The van der Waals surface area contributed by atoms with E-state index < -0.39 is 16.1 Å². The van der Waals surface area contributed by atoms with E-state index in [2.05, 4.69) is 27.8 Å². The smallest absolute Gasteiger partial charge is 0.262 e. The molecule has 2 heterocycles. The van der Waals surface area contributed by atoms with Crippen LogP contribution in [0.4, 0.5) is 5.69 Å². The SMILES string of the molecule is Cn1cnc(S(=O)(=O)N2CCC(Nc3ccc(CCNCC(O)COc4ccc(O)cc4)cc3)CC2)c1. The van der Waals surface area contributed by atoms with E-state index in [4.69, 9.17) is 4.74 Å². The van der Waals surface area contributed by atoms with Crippen LogP contribution in [0.2, 0.25) is 0 Å². The molecule has 4 N–H and O–H groups in total. The van der Waals surface area contributed by atoms with Gasteiger partial charge in [-0.25, -0.2) is 13.4 Å². The maximum absolute atomic E-state index is 12.7. The molecule has 0 saturated carbocycles. The highest BCUT2D eigenvalue weighted by Crippen LogP contribution is 2.22. The molecule has 10 nitrogen and oxygen atoms in total. The van der Waals surface area contributed by atoms with Crippen LogP contribution in [0.1, 0.15) is 18.4 Å². The lowest BCUT2D eigenvalue weighted by molar-refractivity contribution is 0.106. The van der Waals surface area contributed by atoms with Gasteiger partial charge in [-0.2, -0.15) is 4.31 Å². The van der Waals surface area contributed by atoms with Crippen LogP contribution in [0.15, 0.2) is 66.1 Å². The molecule has 0 aliphatic carbocycles. The van der Waals surface area contributed by atoms with Crippen LogP contribution in [0.25, 0.3) is 0 Å². The van der Waals surface area contributed by atoms with Crippen molar-refractivity contribution in [1.29, 1.82) is 0 Å². The quantitative estimate of drug-likeness (QED) is 0.262. The largest absolute Gasteiger partial charge is 0.508 e. The molecule has 37 heavy (non-hydrogen) atoms. The number of aryl methyl sites for hydroxylation is 1. The number of hydrogen-bond donors (Lipinski definition) is 4. The molecule has 200 valence electrons. The van der Waals surface area contributed by atoms with Gasteiger partial charge in [0.1, 0.15) is 24.2 Å². The summed E-state index contributed by atoms with van der Waals surface area (Å²) in [7, 11) is -1.78. The number of hydrogen-bond acceptors (Lipinski definition) is 8. The van der Waals surface area contributed by atoms with E-state index in [1.807, 2.05) is 12.1 Å². The Bertz CT molecular complexity index is 1220. The summed E-state index contributed by atoms with van der Waals surface area (Å²) in [5.74, 6) is 0.777. The number of aromatic hydroxyl groups is 1. The normalized spacial score (nSPS) is 15.9. The van der Waals surface area contributed by atoms with Crippen LogP contribution < -0.4 is 15.4 Å². The van der Waals surface area contributed by atoms with Crippen molar-refractivity contribution in [3.05, 3.63) is 66.6 Å². The maximum Gasteiger partial charge on any atom is 0.262 e. The number of benzene rings is 2. The summed E-state index contributed by atoms with van der Waals surface area (Å²) in [5, 5.41) is 26.2. The second-order valence-corrected chi connectivity index (χ2v) is 11.2. The molecule has 2 aromatic carbocycles. The van der Waals surface area contributed by atoms with Crippen LogP contribution in [0.5, 0.6) is 11.5 Å². The fraction of sp³-hybridized carbons (Fsp3) is 0.423. The second kappa shape index (κ2) is 12.4. The number of phenols is 1. The van der Waals surface area contributed by atoms with E-state index in [0.717, 1.165) is 31.5 Å². The number of nitrogens with zero attached hydrogens (tertiary/aromatic N) is 3. The average molecular weight is 530 g/mol. The molecule has 1 atom stereocenters. The molecule has 0 amide bonds. The van der Waals surface area contributed by atoms with E-state index in [0.29, 0.717) is 25.4 Å². The Labute approximate surface area is 218 Å². The van der Waals surface area contributed by atoms with E-state index in [9.17, 15) is 18.6 Å². The number of piperidine rings is 1. The minimum atomic E-state index is -3.54. The molecule has 3 aromatic rings. The third-order valence-electron chi connectivity index (χ3n) is 6.31. The van der Waals surface area contributed by atoms with E-state index in [1.54, 1.807) is 35.9 Å². The van der Waals surface area contributed by atoms with Gasteiger partial charge in [0.25, 0.3) is 10.0 Å². The van der Waals surface area contributed by atoms with Crippen molar-refractivity contribution < 1.29 is 23.4 Å². The lowest BCUT2D eigenvalue weighted by Crippen LogP contribution is -2.42. The third-order valence-corrected chi connectivity index (χ3v) is 8.10. The second-order valence-electron chi connectivity index (χ2n) is 9.31. The number of aliphatic hydroxyl groups is 1. The topological polar surface area (TPSA) is 129 Å². The number of ether oxygens (including phenoxy) is 1. The number of anilines is 1.